The summed E-state index contributed by atoms with van der Waals surface area (Å²) in [5, 5.41) is 0. The lowest BCUT2D eigenvalue weighted by Gasteiger charge is -2.15. The number of rotatable bonds is 4. The Labute approximate surface area is 140 Å². The van der Waals surface area contributed by atoms with Crippen molar-refractivity contribution in [1.82, 2.24) is 19.4 Å². The van der Waals surface area contributed by atoms with Crippen LogP contribution in [-0.2, 0) is 6.54 Å². The van der Waals surface area contributed by atoms with E-state index in [9.17, 15) is 4.79 Å². The molecule has 0 spiro atoms. The number of amides is 1. The lowest BCUT2D eigenvalue weighted by molar-refractivity contribution is 0.0759. The van der Waals surface area contributed by atoms with Crippen LogP contribution in [0.3, 0.4) is 0 Å². The highest BCUT2D eigenvalue weighted by atomic mass is 16.3. The largest absolute Gasteiger partial charge is 0.459 e. The van der Waals surface area contributed by atoms with Crippen LogP contribution in [0.4, 0.5) is 0 Å². The summed E-state index contributed by atoms with van der Waals surface area (Å²) in [6.07, 6.45) is 5.28. The predicted molar refractivity (Wildman–Crippen MR) is 89.8 cm³/mol. The highest BCUT2D eigenvalue weighted by Crippen LogP contribution is 2.30. The van der Waals surface area contributed by atoms with Crippen molar-refractivity contribution in [3.05, 3.63) is 48.3 Å². The van der Waals surface area contributed by atoms with Crippen LogP contribution in [0, 0.1) is 0 Å². The lowest BCUT2D eigenvalue weighted by Crippen LogP contribution is -2.28. The Hall–Kier alpha value is -2.63. The van der Waals surface area contributed by atoms with Gasteiger partial charge in [0, 0.05) is 31.7 Å². The summed E-state index contributed by atoms with van der Waals surface area (Å²) in [4.78, 5) is 23.6. The van der Waals surface area contributed by atoms with Crippen LogP contribution in [-0.4, -0.2) is 38.4 Å². The number of hydrogen-bond donors (Lipinski definition) is 0. The van der Waals surface area contributed by atoms with E-state index >= 15 is 0 Å². The van der Waals surface area contributed by atoms with Crippen LogP contribution >= 0.6 is 0 Å². The number of carbonyl (C=O) groups is 1. The van der Waals surface area contributed by atoms with Gasteiger partial charge in [-0.1, -0.05) is 6.92 Å². The lowest BCUT2D eigenvalue weighted by atomic mass is 10.1. The summed E-state index contributed by atoms with van der Waals surface area (Å²) in [5.41, 5.74) is 1.86. The summed E-state index contributed by atoms with van der Waals surface area (Å²) < 4.78 is 7.45. The summed E-state index contributed by atoms with van der Waals surface area (Å²) in [6, 6.07) is 7.37. The quantitative estimate of drug-likeness (QED) is 0.740. The summed E-state index contributed by atoms with van der Waals surface area (Å²) >= 11 is 0. The van der Waals surface area contributed by atoms with E-state index in [1.165, 1.54) is 6.26 Å². The van der Waals surface area contributed by atoms with Crippen LogP contribution in [0.2, 0.25) is 0 Å². The van der Waals surface area contributed by atoms with Crippen molar-refractivity contribution in [2.75, 3.05) is 13.1 Å². The molecule has 4 heterocycles. The zero-order chi connectivity index (χ0) is 16.5. The van der Waals surface area contributed by atoms with Crippen LogP contribution < -0.4 is 0 Å². The van der Waals surface area contributed by atoms with Crippen molar-refractivity contribution in [1.29, 1.82) is 0 Å². The molecule has 3 aromatic heterocycles. The van der Waals surface area contributed by atoms with Gasteiger partial charge in [-0.15, -0.1) is 0 Å². The van der Waals surface area contributed by atoms with E-state index < -0.39 is 0 Å². The normalized spacial score (nSPS) is 17.7. The zero-order valence-corrected chi connectivity index (χ0v) is 13.7. The molecule has 24 heavy (non-hydrogen) atoms. The fraction of sp³-hybridized carbons (Fsp3) is 0.389. The second-order valence-electron chi connectivity index (χ2n) is 6.18. The van der Waals surface area contributed by atoms with Crippen molar-refractivity contribution in [3.8, 4) is 0 Å². The van der Waals surface area contributed by atoms with Crippen LogP contribution in [0.1, 0.15) is 42.1 Å². The van der Waals surface area contributed by atoms with E-state index in [2.05, 4.69) is 16.5 Å². The van der Waals surface area contributed by atoms with Crippen LogP contribution in [0.5, 0.6) is 0 Å². The molecule has 4 rings (SSSR count). The number of nitrogens with zero attached hydrogens (tertiary/aromatic N) is 4. The van der Waals surface area contributed by atoms with Gasteiger partial charge in [-0.05, 0) is 37.1 Å². The van der Waals surface area contributed by atoms with Crippen LogP contribution in [0.25, 0.3) is 11.2 Å². The first-order chi connectivity index (χ1) is 11.8. The van der Waals surface area contributed by atoms with Gasteiger partial charge >= 0.3 is 0 Å². The van der Waals surface area contributed by atoms with E-state index in [1.54, 1.807) is 18.3 Å². The molecule has 3 aromatic rings. The fourth-order valence-electron chi connectivity index (χ4n) is 3.44. The van der Waals surface area contributed by atoms with E-state index in [1.807, 2.05) is 17.0 Å². The van der Waals surface area contributed by atoms with Gasteiger partial charge in [-0.3, -0.25) is 4.79 Å². The summed E-state index contributed by atoms with van der Waals surface area (Å²) in [5.74, 6) is 1.64. The van der Waals surface area contributed by atoms with Crippen molar-refractivity contribution >= 4 is 17.1 Å². The molecule has 1 saturated heterocycles. The molecular weight excluding hydrogens is 304 g/mol. The van der Waals surface area contributed by atoms with E-state index in [0.717, 1.165) is 42.9 Å². The first-order valence-corrected chi connectivity index (χ1v) is 8.42. The molecule has 0 aromatic carbocycles. The molecular formula is C18H20N4O2. The van der Waals surface area contributed by atoms with Crippen LogP contribution in [0.15, 0.2) is 41.1 Å². The maximum absolute atomic E-state index is 12.5. The molecule has 6 nitrogen and oxygen atoms in total. The molecule has 0 N–H and O–H groups in total. The first-order valence-electron chi connectivity index (χ1n) is 8.42. The van der Waals surface area contributed by atoms with E-state index in [-0.39, 0.29) is 11.8 Å². The molecule has 1 atom stereocenters. The van der Waals surface area contributed by atoms with Crippen molar-refractivity contribution in [2.24, 2.45) is 0 Å². The molecule has 1 aliphatic rings. The molecule has 1 fully saturated rings. The molecule has 0 saturated carbocycles. The predicted octanol–water partition coefficient (Wildman–Crippen LogP) is 3.06. The standard InChI is InChI=1S/C18H20N4O2/c1-2-9-22-16(20-14-5-3-8-19-17(14)22)13-7-10-21(12-13)18(23)15-6-4-11-24-15/h3-6,8,11,13H,2,7,9-10,12H2,1H3/t13-/m0/s1. The number of pyridine rings is 1. The minimum Gasteiger partial charge on any atom is -0.459 e. The molecule has 6 heteroatoms. The van der Waals surface area contributed by atoms with Crippen molar-refractivity contribution in [3.63, 3.8) is 0 Å². The Balaban J connectivity index is 1.62. The first kappa shape index (κ1) is 14.9. The van der Waals surface area contributed by atoms with Gasteiger partial charge in [0.2, 0.25) is 0 Å². The molecule has 1 aliphatic heterocycles. The van der Waals surface area contributed by atoms with Gasteiger partial charge in [0.1, 0.15) is 11.3 Å². The molecule has 0 aliphatic carbocycles. The topological polar surface area (TPSA) is 64.2 Å². The number of furan rings is 1. The number of likely N-dealkylation sites (tertiary alicyclic amines) is 1. The maximum atomic E-state index is 12.5. The molecule has 1 amide bonds. The average molecular weight is 324 g/mol. The SMILES string of the molecule is CCCn1c([C@H]2CCN(C(=O)c3ccco3)C2)nc2cccnc21. The zero-order valence-electron chi connectivity index (χ0n) is 13.7. The number of hydrogen-bond acceptors (Lipinski definition) is 4. The maximum Gasteiger partial charge on any atom is 0.289 e. The van der Waals surface area contributed by atoms with Crippen molar-refractivity contribution in [2.45, 2.75) is 32.2 Å². The fourth-order valence-corrected chi connectivity index (χ4v) is 3.44. The van der Waals surface area contributed by atoms with Crippen molar-refractivity contribution < 1.29 is 9.21 Å². The van der Waals surface area contributed by atoms with Gasteiger partial charge in [0.25, 0.3) is 5.91 Å². The van der Waals surface area contributed by atoms with Gasteiger partial charge in [0.15, 0.2) is 11.4 Å². The second kappa shape index (κ2) is 6.11. The third-order valence-electron chi connectivity index (χ3n) is 4.55. The Morgan fingerprint density at radius 1 is 1.38 bits per heavy atom. The molecule has 0 bridgehead atoms. The monoisotopic (exact) mass is 324 g/mol. The number of carbonyl (C=O) groups excluding carboxylic acids is 1. The molecule has 124 valence electrons. The Morgan fingerprint density at radius 2 is 2.29 bits per heavy atom. The number of fused-ring (bicyclic) bond motifs is 1. The third-order valence-corrected chi connectivity index (χ3v) is 4.55. The molecule has 0 radical (unpaired) electrons. The van der Waals surface area contributed by atoms with Gasteiger partial charge in [-0.2, -0.15) is 0 Å². The summed E-state index contributed by atoms with van der Waals surface area (Å²) in [6.45, 7) is 4.45. The number of aromatic nitrogens is 3. The highest BCUT2D eigenvalue weighted by molar-refractivity contribution is 5.91. The van der Waals surface area contributed by atoms with E-state index in [0.29, 0.717) is 12.3 Å². The number of aryl methyl sites for hydroxylation is 1. The van der Waals surface area contributed by atoms with Gasteiger partial charge in [0.05, 0.1) is 6.26 Å². The average Bonchev–Trinajstić information content (AvgIpc) is 3.34. The van der Waals surface area contributed by atoms with Gasteiger partial charge in [-0.25, -0.2) is 9.97 Å². The number of imidazole rings is 1. The minimum atomic E-state index is -0.0428. The van der Waals surface area contributed by atoms with E-state index in [4.69, 9.17) is 9.40 Å². The smallest absolute Gasteiger partial charge is 0.289 e. The Bertz CT molecular complexity index is 853. The van der Waals surface area contributed by atoms with Gasteiger partial charge < -0.3 is 13.9 Å². The Kier molecular flexibility index (Phi) is 3.80. The highest BCUT2D eigenvalue weighted by Gasteiger charge is 2.32. The minimum absolute atomic E-state index is 0.0428. The second-order valence-corrected chi connectivity index (χ2v) is 6.18. The Morgan fingerprint density at radius 3 is 3.08 bits per heavy atom. The summed E-state index contributed by atoms with van der Waals surface area (Å²) in [7, 11) is 0. The third kappa shape index (κ3) is 2.48. The molecule has 0 unspecified atom stereocenters.